The van der Waals surface area contributed by atoms with Crippen molar-refractivity contribution in [3.8, 4) is 0 Å². The third-order valence-corrected chi connectivity index (χ3v) is 8.45. The third kappa shape index (κ3) is 8.10. The first kappa shape index (κ1) is 29.8. The predicted octanol–water partition coefficient (Wildman–Crippen LogP) is 3.67. The first-order chi connectivity index (χ1) is 17.9. The zero-order valence-corrected chi connectivity index (χ0v) is 23.6. The average molecular weight is 546 g/mol. The quantitative estimate of drug-likeness (QED) is 0.435. The van der Waals surface area contributed by atoms with Gasteiger partial charge in [0.2, 0.25) is 0 Å². The third-order valence-electron chi connectivity index (χ3n) is 6.20. The van der Waals surface area contributed by atoms with Crippen molar-refractivity contribution in [2.24, 2.45) is 5.92 Å². The Kier molecular flexibility index (Phi) is 10.1. The van der Waals surface area contributed by atoms with E-state index >= 15 is 0 Å². The number of benzene rings is 2. The summed E-state index contributed by atoms with van der Waals surface area (Å²) in [4.78, 5) is 25.6. The van der Waals surface area contributed by atoms with E-state index in [4.69, 9.17) is 9.47 Å². The molecule has 1 aliphatic rings. The predicted molar refractivity (Wildman–Crippen MR) is 146 cm³/mol. The Balaban J connectivity index is 1.78. The molecule has 208 valence electrons. The van der Waals surface area contributed by atoms with Crippen LogP contribution in [0.2, 0.25) is 0 Å². The Bertz CT molecular complexity index is 1180. The number of ether oxygens (including phenoxy) is 2. The van der Waals surface area contributed by atoms with Gasteiger partial charge in [0.05, 0.1) is 17.6 Å². The molecule has 0 aromatic heterocycles. The van der Waals surface area contributed by atoms with Crippen molar-refractivity contribution in [2.45, 2.75) is 62.9 Å². The molecule has 3 atom stereocenters. The fraction of sp³-hybridized carbons (Fsp3) is 0.500. The summed E-state index contributed by atoms with van der Waals surface area (Å²) in [7, 11) is -4.11. The highest BCUT2D eigenvalue weighted by Gasteiger charge is 2.41. The van der Waals surface area contributed by atoms with Crippen molar-refractivity contribution in [1.29, 1.82) is 0 Å². The van der Waals surface area contributed by atoms with Crippen molar-refractivity contribution in [2.75, 3.05) is 31.6 Å². The van der Waals surface area contributed by atoms with Crippen LogP contribution in [0.4, 0.5) is 5.69 Å². The van der Waals surface area contributed by atoms with Gasteiger partial charge in [-0.3, -0.25) is 15.0 Å². The fourth-order valence-corrected chi connectivity index (χ4v) is 6.00. The zero-order chi connectivity index (χ0) is 27.9. The molecule has 2 aromatic carbocycles. The van der Waals surface area contributed by atoms with Crippen molar-refractivity contribution in [1.82, 2.24) is 10.4 Å². The number of rotatable bonds is 10. The van der Waals surface area contributed by atoms with E-state index < -0.39 is 32.6 Å². The standard InChI is InChI=1S/C28H39N3O6S/c1-6-23-19-31(16-17-36-23)29-18-20(2)25(27(33)37-28(3,4)5)38(34,35)24-14-12-22(13-15-24)30-26(32)21-10-8-7-9-11-21/h7-15,20,23,25,29H,6,16-19H2,1-5H3,(H,30,32). The molecular formula is C28H39N3O6S. The molecule has 10 heteroatoms. The van der Waals surface area contributed by atoms with Crippen molar-refractivity contribution >= 4 is 27.4 Å². The Hall–Kier alpha value is -2.79. The van der Waals surface area contributed by atoms with E-state index in [9.17, 15) is 18.0 Å². The molecular weight excluding hydrogens is 506 g/mol. The Labute approximate surface area is 225 Å². The van der Waals surface area contributed by atoms with Gasteiger partial charge in [0.1, 0.15) is 5.60 Å². The van der Waals surface area contributed by atoms with Crippen LogP contribution in [0.15, 0.2) is 59.5 Å². The topological polar surface area (TPSA) is 114 Å². The van der Waals surface area contributed by atoms with E-state index in [0.29, 0.717) is 30.9 Å². The molecule has 1 fully saturated rings. The number of anilines is 1. The number of morpholine rings is 1. The highest BCUT2D eigenvalue weighted by atomic mass is 32.2. The van der Waals surface area contributed by atoms with Gasteiger partial charge >= 0.3 is 5.97 Å². The second-order valence-electron chi connectivity index (χ2n) is 10.5. The Morgan fingerprint density at radius 2 is 1.76 bits per heavy atom. The summed E-state index contributed by atoms with van der Waals surface area (Å²) >= 11 is 0. The van der Waals surface area contributed by atoms with Gasteiger partial charge in [-0.1, -0.05) is 32.0 Å². The largest absolute Gasteiger partial charge is 0.459 e. The van der Waals surface area contributed by atoms with Crippen LogP contribution in [0, 0.1) is 5.92 Å². The molecule has 1 heterocycles. The monoisotopic (exact) mass is 545 g/mol. The molecule has 2 N–H and O–H groups in total. The molecule has 0 bridgehead atoms. The lowest BCUT2D eigenvalue weighted by Crippen LogP contribution is -2.52. The second-order valence-corrected chi connectivity index (χ2v) is 12.6. The van der Waals surface area contributed by atoms with E-state index in [1.54, 1.807) is 52.0 Å². The van der Waals surface area contributed by atoms with Gasteiger partial charge in [-0.2, -0.15) is 0 Å². The molecule has 1 amide bonds. The number of hydrazine groups is 1. The number of nitrogens with one attached hydrogen (secondary N) is 2. The molecule has 3 unspecified atom stereocenters. The van der Waals surface area contributed by atoms with E-state index in [1.807, 2.05) is 11.1 Å². The molecule has 2 aromatic rings. The minimum absolute atomic E-state index is 0.0182. The summed E-state index contributed by atoms with van der Waals surface area (Å²) in [5, 5.41) is 3.35. The van der Waals surface area contributed by atoms with Crippen LogP contribution in [0.3, 0.4) is 0 Å². The fourth-order valence-electron chi connectivity index (χ4n) is 4.18. The lowest BCUT2D eigenvalue weighted by Gasteiger charge is -2.34. The first-order valence-corrected chi connectivity index (χ1v) is 14.5. The maximum atomic E-state index is 13.8. The van der Waals surface area contributed by atoms with Crippen LogP contribution in [0.25, 0.3) is 0 Å². The van der Waals surface area contributed by atoms with E-state index in [0.717, 1.165) is 6.42 Å². The van der Waals surface area contributed by atoms with Gasteiger partial charge in [-0.05, 0) is 69.5 Å². The summed E-state index contributed by atoms with van der Waals surface area (Å²) in [6.07, 6.45) is 0.989. The number of sulfone groups is 1. The number of carbonyl (C=O) groups is 2. The Morgan fingerprint density at radius 3 is 2.37 bits per heavy atom. The molecule has 0 saturated carbocycles. The van der Waals surface area contributed by atoms with E-state index in [2.05, 4.69) is 17.7 Å². The number of amides is 1. The van der Waals surface area contributed by atoms with Crippen molar-refractivity contribution in [3.63, 3.8) is 0 Å². The molecule has 9 nitrogen and oxygen atoms in total. The second kappa shape index (κ2) is 12.8. The average Bonchev–Trinajstić information content (AvgIpc) is 2.87. The van der Waals surface area contributed by atoms with Crippen LogP contribution >= 0.6 is 0 Å². The molecule has 3 rings (SSSR count). The minimum atomic E-state index is -4.11. The molecule has 1 aliphatic heterocycles. The summed E-state index contributed by atoms with van der Waals surface area (Å²) in [6, 6.07) is 14.6. The summed E-state index contributed by atoms with van der Waals surface area (Å²) in [5.41, 5.74) is 3.37. The molecule has 0 spiro atoms. The van der Waals surface area contributed by atoms with Crippen LogP contribution < -0.4 is 10.7 Å². The molecule has 0 aliphatic carbocycles. The van der Waals surface area contributed by atoms with Gasteiger partial charge in [0.25, 0.3) is 5.91 Å². The van der Waals surface area contributed by atoms with E-state index in [1.165, 1.54) is 24.3 Å². The smallest absolute Gasteiger partial charge is 0.325 e. The maximum absolute atomic E-state index is 13.8. The van der Waals surface area contributed by atoms with Crippen LogP contribution in [-0.2, 0) is 24.1 Å². The van der Waals surface area contributed by atoms with Gasteiger partial charge in [0.15, 0.2) is 15.1 Å². The number of hydrogen-bond acceptors (Lipinski definition) is 8. The zero-order valence-electron chi connectivity index (χ0n) is 22.8. The lowest BCUT2D eigenvalue weighted by molar-refractivity contribution is -0.155. The normalized spacial score (nSPS) is 18.4. The minimum Gasteiger partial charge on any atom is -0.459 e. The van der Waals surface area contributed by atoms with Gasteiger partial charge in [-0.15, -0.1) is 0 Å². The van der Waals surface area contributed by atoms with Gasteiger partial charge < -0.3 is 14.8 Å². The van der Waals surface area contributed by atoms with Crippen molar-refractivity contribution < 1.29 is 27.5 Å². The number of carbonyl (C=O) groups excluding carboxylic acids is 2. The Morgan fingerprint density at radius 1 is 1.11 bits per heavy atom. The van der Waals surface area contributed by atoms with Crippen LogP contribution in [0.5, 0.6) is 0 Å². The summed E-state index contributed by atoms with van der Waals surface area (Å²) in [5.74, 6) is -1.68. The number of hydrogen-bond donors (Lipinski definition) is 2. The highest BCUT2D eigenvalue weighted by molar-refractivity contribution is 7.92. The summed E-state index contributed by atoms with van der Waals surface area (Å²) < 4.78 is 38.8. The van der Waals surface area contributed by atoms with E-state index in [-0.39, 0.29) is 23.5 Å². The lowest BCUT2D eigenvalue weighted by atomic mass is 10.1. The highest BCUT2D eigenvalue weighted by Crippen LogP contribution is 2.26. The van der Waals surface area contributed by atoms with Gasteiger partial charge in [0, 0.05) is 30.9 Å². The summed E-state index contributed by atoms with van der Waals surface area (Å²) in [6.45, 7) is 11.1. The molecule has 1 saturated heterocycles. The van der Waals surface area contributed by atoms with Crippen LogP contribution in [0.1, 0.15) is 51.4 Å². The molecule has 38 heavy (non-hydrogen) atoms. The SMILES string of the molecule is CCC1CN(NCC(C)C(C(=O)OC(C)(C)C)S(=O)(=O)c2ccc(NC(=O)c3ccccc3)cc2)CCO1. The van der Waals surface area contributed by atoms with Crippen molar-refractivity contribution in [3.05, 3.63) is 60.2 Å². The van der Waals surface area contributed by atoms with Crippen LogP contribution in [-0.4, -0.2) is 68.5 Å². The number of nitrogens with zero attached hydrogens (tertiary/aromatic N) is 1. The molecule has 0 radical (unpaired) electrons. The van der Waals surface area contributed by atoms with Gasteiger partial charge in [-0.25, -0.2) is 13.4 Å². The first-order valence-electron chi connectivity index (χ1n) is 12.9. The number of esters is 1. The maximum Gasteiger partial charge on any atom is 0.325 e.